The normalized spacial score (nSPS) is 24.4. The maximum absolute atomic E-state index is 2.73. The second kappa shape index (κ2) is 13.0. The van der Waals surface area contributed by atoms with E-state index < -0.39 is 0 Å². The fraction of sp³-hybridized carbons (Fsp3) is 0.667. The Hall–Kier alpha value is -0.260. The van der Waals surface area contributed by atoms with Crippen LogP contribution >= 0.6 is 7.92 Å². The van der Waals surface area contributed by atoms with Gasteiger partial charge in [-0.15, -0.1) is 13.5 Å². The number of allylic oxidation sites excluding steroid dienone is 4. The van der Waals surface area contributed by atoms with E-state index in [-0.39, 0.29) is 35.5 Å². The molecule has 0 N–H and O–H groups in total. The summed E-state index contributed by atoms with van der Waals surface area (Å²) in [6, 6.07) is 9.79. The fourth-order valence-corrected chi connectivity index (χ4v) is 12.2. The molecule has 2 saturated carbocycles. The Morgan fingerprint density at radius 3 is 1.69 bits per heavy atom. The van der Waals surface area contributed by atoms with E-state index in [1.54, 1.807) is 11.1 Å². The molecule has 0 radical (unpaired) electrons. The molecule has 0 aliphatic heterocycles. The van der Waals surface area contributed by atoms with Gasteiger partial charge in [-0.1, -0.05) is 110 Å². The first-order valence-corrected chi connectivity index (χ1v) is 16.0. The molecule has 0 bridgehead atoms. The van der Waals surface area contributed by atoms with Crippen LogP contribution in [0.25, 0.3) is 5.57 Å². The van der Waals surface area contributed by atoms with Crippen LogP contribution in [0.5, 0.6) is 0 Å². The molecule has 1 atom stereocenters. The van der Waals surface area contributed by atoms with Gasteiger partial charge in [-0.05, 0) is 71.0 Å². The summed E-state index contributed by atoms with van der Waals surface area (Å²) in [6.45, 7) is 14.6. The molecule has 198 valence electrons. The standard InChI is InChI=1S/C33H50P.Au/c1-24(2)27-19-21-28(22-20-27)32-31(25(3)4)18-13-23-33(32,26(5)6)34(29-14-9-7-10-15-29)30-16-11-8-12-17-30;/h13,18-26,29-30H,7-12,14-17H2,1-6H3;/q-1;+1. The van der Waals surface area contributed by atoms with Crippen molar-refractivity contribution in [3.63, 3.8) is 0 Å². The van der Waals surface area contributed by atoms with Crippen molar-refractivity contribution in [3.05, 3.63) is 59.5 Å². The molecule has 2 heteroatoms. The van der Waals surface area contributed by atoms with Gasteiger partial charge >= 0.3 is 22.4 Å². The van der Waals surface area contributed by atoms with Crippen LogP contribution in [0, 0.1) is 18.3 Å². The van der Waals surface area contributed by atoms with E-state index in [2.05, 4.69) is 84.4 Å². The molecule has 0 spiro atoms. The second-order valence-corrected chi connectivity index (χ2v) is 15.3. The fourth-order valence-electron chi connectivity index (χ4n) is 7.23. The Bertz CT molecular complexity index is 832. The van der Waals surface area contributed by atoms with Crippen molar-refractivity contribution in [2.75, 3.05) is 0 Å². The van der Waals surface area contributed by atoms with Crippen LogP contribution in [0.4, 0.5) is 0 Å². The third-order valence-corrected chi connectivity index (χ3v) is 13.4. The van der Waals surface area contributed by atoms with Gasteiger partial charge < -0.3 is 0 Å². The van der Waals surface area contributed by atoms with Gasteiger partial charge in [-0.3, -0.25) is 0 Å². The molecule has 0 nitrogen and oxygen atoms in total. The van der Waals surface area contributed by atoms with Crippen LogP contribution in [-0.4, -0.2) is 16.5 Å². The summed E-state index contributed by atoms with van der Waals surface area (Å²) < 4.78 is 0. The van der Waals surface area contributed by atoms with Crippen molar-refractivity contribution in [2.45, 2.75) is 128 Å². The second-order valence-electron chi connectivity index (χ2n) is 12.3. The Morgan fingerprint density at radius 1 is 0.743 bits per heavy atom. The van der Waals surface area contributed by atoms with Crippen molar-refractivity contribution in [2.24, 2.45) is 11.8 Å². The molecule has 0 amide bonds. The first-order chi connectivity index (χ1) is 16.4. The number of hydrogen-bond donors (Lipinski definition) is 0. The average molecular weight is 675 g/mol. The maximum atomic E-state index is 2.73. The Kier molecular flexibility index (Phi) is 10.9. The molecular formula is C33H50AuP. The van der Waals surface area contributed by atoms with Gasteiger partial charge in [0.05, 0.1) is 0 Å². The van der Waals surface area contributed by atoms with Crippen LogP contribution in [-0.2, 0) is 22.4 Å². The van der Waals surface area contributed by atoms with Gasteiger partial charge in [0.25, 0.3) is 0 Å². The molecule has 0 heterocycles. The Balaban J connectivity index is 0.00000342. The van der Waals surface area contributed by atoms with Crippen LogP contribution in [0.3, 0.4) is 0 Å². The minimum absolute atomic E-state index is 0. The summed E-state index contributed by atoms with van der Waals surface area (Å²) in [5.74, 6) is 1.76. The Labute approximate surface area is 234 Å². The van der Waals surface area contributed by atoms with Gasteiger partial charge in [0.2, 0.25) is 0 Å². The zero-order valence-electron chi connectivity index (χ0n) is 23.2. The number of hydrogen-bond acceptors (Lipinski definition) is 0. The summed E-state index contributed by atoms with van der Waals surface area (Å²) in [7, 11) is -0.138. The van der Waals surface area contributed by atoms with E-state index in [0.29, 0.717) is 17.8 Å². The first-order valence-electron chi connectivity index (χ1n) is 14.5. The molecule has 3 aliphatic rings. The number of benzene rings is 1. The maximum Gasteiger partial charge on any atom is 1.00 e. The molecule has 1 aromatic rings. The molecule has 35 heavy (non-hydrogen) atoms. The largest absolute Gasteiger partial charge is 1.00 e. The number of rotatable bonds is 7. The predicted octanol–water partition coefficient (Wildman–Crippen LogP) is 10.5. The summed E-state index contributed by atoms with van der Waals surface area (Å²) in [4.78, 5) is 0. The van der Waals surface area contributed by atoms with Gasteiger partial charge in [0.15, 0.2) is 0 Å². The molecule has 1 aromatic carbocycles. The third kappa shape index (κ3) is 6.08. The molecule has 0 aromatic heterocycles. The summed E-state index contributed by atoms with van der Waals surface area (Å²) in [6.07, 6.45) is 22.3. The van der Waals surface area contributed by atoms with Gasteiger partial charge in [0.1, 0.15) is 0 Å². The first kappa shape index (κ1) is 29.3. The van der Waals surface area contributed by atoms with E-state index in [1.807, 2.05) is 0 Å². The van der Waals surface area contributed by atoms with Gasteiger partial charge in [-0.25, -0.2) is 18.6 Å². The SMILES string of the molecule is CC(C)C1=C(c2ccc(C(C)C)cc2)C(C(C)C)(P(C2CCCCC2)C2CCCCC2)[CH-]C=C1.[Au+]. The summed E-state index contributed by atoms with van der Waals surface area (Å²) >= 11 is 0. The molecule has 0 saturated heterocycles. The van der Waals surface area contributed by atoms with Crippen LogP contribution < -0.4 is 0 Å². The molecule has 4 rings (SSSR count). The van der Waals surface area contributed by atoms with Crippen molar-refractivity contribution >= 4 is 13.5 Å². The van der Waals surface area contributed by atoms with Crippen molar-refractivity contribution in [1.29, 1.82) is 0 Å². The van der Waals surface area contributed by atoms with Crippen LogP contribution in [0.1, 0.15) is 123 Å². The zero-order valence-corrected chi connectivity index (χ0v) is 26.3. The predicted molar refractivity (Wildman–Crippen MR) is 154 cm³/mol. The van der Waals surface area contributed by atoms with Crippen molar-refractivity contribution in [1.82, 2.24) is 0 Å². The van der Waals surface area contributed by atoms with E-state index in [9.17, 15) is 0 Å². The van der Waals surface area contributed by atoms with Crippen molar-refractivity contribution in [3.8, 4) is 0 Å². The Morgan fingerprint density at radius 2 is 1.26 bits per heavy atom. The molecule has 3 aliphatic carbocycles. The van der Waals surface area contributed by atoms with E-state index in [1.165, 1.54) is 75.3 Å². The minimum atomic E-state index is -0.138. The monoisotopic (exact) mass is 674 g/mol. The van der Waals surface area contributed by atoms with E-state index in [4.69, 9.17) is 0 Å². The topological polar surface area (TPSA) is 0 Å². The average Bonchev–Trinajstić information content (AvgIpc) is 2.85. The molecular weight excluding hydrogens is 624 g/mol. The summed E-state index contributed by atoms with van der Waals surface area (Å²) in [5, 5.41) is 0.201. The molecule has 1 unspecified atom stereocenters. The summed E-state index contributed by atoms with van der Waals surface area (Å²) in [5.41, 5.74) is 8.15. The smallest absolute Gasteiger partial charge is 0.227 e. The third-order valence-electron chi connectivity index (χ3n) is 9.05. The van der Waals surface area contributed by atoms with E-state index >= 15 is 0 Å². The van der Waals surface area contributed by atoms with E-state index in [0.717, 1.165) is 11.3 Å². The molecule has 2 fully saturated rings. The zero-order chi connectivity index (χ0) is 24.3. The van der Waals surface area contributed by atoms with Crippen LogP contribution in [0.15, 0.2) is 42.0 Å². The van der Waals surface area contributed by atoms with Crippen molar-refractivity contribution < 1.29 is 22.4 Å². The minimum Gasteiger partial charge on any atom is -0.227 e. The van der Waals surface area contributed by atoms with Gasteiger partial charge in [-0.2, -0.15) is 0 Å². The quantitative estimate of drug-likeness (QED) is 0.153. The van der Waals surface area contributed by atoms with Crippen LogP contribution in [0.2, 0.25) is 0 Å². The van der Waals surface area contributed by atoms with Gasteiger partial charge in [0, 0.05) is 0 Å².